The Hall–Kier alpha value is -2.15. The predicted molar refractivity (Wildman–Crippen MR) is 134 cm³/mol. The molecule has 0 aliphatic carbocycles. The Morgan fingerprint density at radius 2 is 1.56 bits per heavy atom. The normalized spacial score (nSPS) is 9.62. The number of nitrogens with one attached hydrogen (secondary N) is 1. The van der Waals surface area contributed by atoms with Crippen molar-refractivity contribution >= 4 is 41.2 Å². The summed E-state index contributed by atoms with van der Waals surface area (Å²) in [4.78, 5) is 8.75. The van der Waals surface area contributed by atoms with Crippen LogP contribution in [0.15, 0.2) is 42.7 Å². The SMILES string of the molecule is C#Cc1cccc(Nc2ncnc3cc(OCCOC)c(OCCOC)cc23)c1.N.N.[Cl][Pt][Cl]. The minimum atomic E-state index is -0.472. The number of nitrogens with zero attached hydrogens (tertiary/aromatic N) is 2. The third-order valence-corrected chi connectivity index (χ3v) is 4.08. The van der Waals surface area contributed by atoms with Crippen LogP contribution >= 0.6 is 18.8 Å². The molecule has 0 fully saturated rings. The number of anilines is 2. The molecular formula is C22H29Cl2N5O4Pt. The molecule has 0 saturated heterocycles. The first-order valence-corrected chi connectivity index (χ1v) is 15.0. The van der Waals surface area contributed by atoms with Crippen LogP contribution in [0.1, 0.15) is 5.56 Å². The molecule has 0 spiro atoms. The second kappa shape index (κ2) is 18.2. The summed E-state index contributed by atoms with van der Waals surface area (Å²) in [5.74, 6) is 4.44. The first-order chi connectivity index (χ1) is 15.7. The number of rotatable bonds is 10. The summed E-state index contributed by atoms with van der Waals surface area (Å²) in [5.41, 5.74) is 2.34. The molecule has 190 valence electrons. The van der Waals surface area contributed by atoms with Crippen molar-refractivity contribution in [2.75, 3.05) is 46.0 Å². The van der Waals surface area contributed by atoms with Gasteiger partial charge in [0.15, 0.2) is 11.5 Å². The maximum absolute atomic E-state index is 5.86. The fourth-order valence-electron chi connectivity index (χ4n) is 2.68. The zero-order valence-electron chi connectivity index (χ0n) is 19.0. The van der Waals surface area contributed by atoms with E-state index in [1.54, 1.807) is 14.2 Å². The number of methoxy groups -OCH3 is 2. The number of hydrogen-bond acceptors (Lipinski definition) is 9. The van der Waals surface area contributed by atoms with E-state index in [9.17, 15) is 0 Å². The second-order valence-corrected chi connectivity index (χ2v) is 9.40. The van der Waals surface area contributed by atoms with Crippen LogP contribution in [0.3, 0.4) is 0 Å². The fourth-order valence-corrected chi connectivity index (χ4v) is 2.68. The van der Waals surface area contributed by atoms with Crippen molar-refractivity contribution in [2.24, 2.45) is 0 Å². The summed E-state index contributed by atoms with van der Waals surface area (Å²) in [6, 6.07) is 11.3. The Kier molecular flexibility index (Phi) is 17.1. The van der Waals surface area contributed by atoms with Crippen LogP contribution in [0.25, 0.3) is 10.9 Å². The molecular weight excluding hydrogens is 664 g/mol. The third-order valence-electron chi connectivity index (χ3n) is 4.08. The Morgan fingerprint density at radius 1 is 0.941 bits per heavy atom. The monoisotopic (exact) mass is 692 g/mol. The zero-order valence-corrected chi connectivity index (χ0v) is 22.7. The van der Waals surface area contributed by atoms with E-state index in [1.165, 1.54) is 6.33 Å². The molecule has 12 heteroatoms. The molecule has 7 N–H and O–H groups in total. The quantitative estimate of drug-likeness (QED) is 0.195. The number of aromatic nitrogens is 2. The van der Waals surface area contributed by atoms with Crippen molar-refractivity contribution in [3.8, 4) is 23.8 Å². The van der Waals surface area contributed by atoms with Gasteiger partial charge in [-0.15, -0.1) is 6.42 Å². The average molecular weight is 693 g/mol. The number of benzene rings is 2. The molecule has 3 aromatic rings. The van der Waals surface area contributed by atoms with E-state index in [-0.39, 0.29) is 12.3 Å². The van der Waals surface area contributed by atoms with Gasteiger partial charge in [0.1, 0.15) is 25.4 Å². The molecule has 2 aromatic carbocycles. The Bertz CT molecular complexity index is 1040. The molecule has 3 rings (SSSR count). The molecule has 9 nitrogen and oxygen atoms in total. The van der Waals surface area contributed by atoms with E-state index in [0.717, 1.165) is 22.2 Å². The van der Waals surface area contributed by atoms with Crippen molar-refractivity contribution in [1.82, 2.24) is 22.3 Å². The summed E-state index contributed by atoms with van der Waals surface area (Å²) < 4.78 is 21.8. The number of hydrogen-bond donors (Lipinski definition) is 3. The maximum atomic E-state index is 5.86. The van der Waals surface area contributed by atoms with E-state index in [4.69, 9.17) is 44.2 Å². The Labute approximate surface area is 216 Å². The summed E-state index contributed by atoms with van der Waals surface area (Å²) >= 11 is -0.472. The Balaban J connectivity index is 0.00000207. The van der Waals surface area contributed by atoms with E-state index >= 15 is 0 Å². The zero-order chi connectivity index (χ0) is 23.2. The molecule has 0 bridgehead atoms. The number of terminal acetylenes is 1. The van der Waals surface area contributed by atoms with Crippen LogP contribution < -0.4 is 27.1 Å². The summed E-state index contributed by atoms with van der Waals surface area (Å²) in [7, 11) is 13.0. The van der Waals surface area contributed by atoms with Gasteiger partial charge >= 0.3 is 35.3 Å². The van der Waals surface area contributed by atoms with Gasteiger partial charge in [0.2, 0.25) is 0 Å². The molecule has 0 atom stereocenters. The van der Waals surface area contributed by atoms with E-state index < -0.39 is 16.5 Å². The summed E-state index contributed by atoms with van der Waals surface area (Å²) in [6.07, 6.45) is 6.99. The van der Waals surface area contributed by atoms with Crippen LogP contribution in [-0.2, 0) is 26.0 Å². The summed E-state index contributed by atoms with van der Waals surface area (Å²) in [5, 5.41) is 4.10. The summed E-state index contributed by atoms with van der Waals surface area (Å²) in [6.45, 7) is 1.73. The second-order valence-electron chi connectivity index (χ2n) is 6.12. The minimum absolute atomic E-state index is 0. The van der Waals surface area contributed by atoms with Gasteiger partial charge in [-0.25, -0.2) is 9.97 Å². The Morgan fingerprint density at radius 3 is 2.15 bits per heavy atom. The number of fused-ring (bicyclic) bond motifs is 1. The predicted octanol–water partition coefficient (Wildman–Crippen LogP) is 5.11. The van der Waals surface area contributed by atoms with Crippen LogP contribution in [0.2, 0.25) is 0 Å². The first-order valence-electron chi connectivity index (χ1n) is 9.35. The van der Waals surface area contributed by atoms with Gasteiger partial charge in [-0.1, -0.05) is 12.0 Å². The van der Waals surface area contributed by atoms with Crippen molar-refractivity contribution in [3.05, 3.63) is 48.3 Å². The molecule has 0 aliphatic rings. The third kappa shape index (κ3) is 10.00. The molecule has 1 aromatic heterocycles. The van der Waals surface area contributed by atoms with Crippen molar-refractivity contribution < 1.29 is 35.4 Å². The van der Waals surface area contributed by atoms with Crippen molar-refractivity contribution in [3.63, 3.8) is 0 Å². The van der Waals surface area contributed by atoms with Gasteiger partial charge in [-0.2, -0.15) is 0 Å². The molecule has 0 aliphatic heterocycles. The van der Waals surface area contributed by atoms with Crippen molar-refractivity contribution in [1.29, 1.82) is 0 Å². The van der Waals surface area contributed by atoms with E-state index in [2.05, 4.69) is 21.2 Å². The van der Waals surface area contributed by atoms with Gasteiger partial charge in [0, 0.05) is 36.9 Å². The van der Waals surface area contributed by atoms with Gasteiger partial charge < -0.3 is 36.6 Å². The van der Waals surface area contributed by atoms with Crippen LogP contribution in [0.4, 0.5) is 11.5 Å². The standard InChI is InChI=1S/C22H23N3O4.2ClH.2H3N.Pt/c1-4-16-6-5-7-17(12-16)25-22-18-13-20(28-10-8-26-2)21(29-11-9-27-3)14-19(18)23-15-24-22;;;;;/h1,5-7,12-15H,8-11H2,2-3H3,(H,23,24,25);2*1H;2*1H3;/q;;;;;+2/p-2. The number of halogens is 2. The van der Waals surface area contributed by atoms with Gasteiger partial charge in [0.25, 0.3) is 0 Å². The van der Waals surface area contributed by atoms with Crippen LogP contribution in [-0.4, -0.2) is 50.6 Å². The molecule has 1 heterocycles. The topological polar surface area (TPSA) is 145 Å². The average Bonchev–Trinajstić information content (AvgIpc) is 2.80. The van der Waals surface area contributed by atoms with Crippen LogP contribution in [0.5, 0.6) is 11.5 Å². The molecule has 0 unspecified atom stereocenters. The van der Waals surface area contributed by atoms with E-state index in [1.807, 2.05) is 36.4 Å². The molecule has 0 radical (unpaired) electrons. The van der Waals surface area contributed by atoms with Crippen LogP contribution in [0, 0.1) is 12.3 Å². The molecule has 34 heavy (non-hydrogen) atoms. The number of ether oxygens (including phenoxy) is 4. The van der Waals surface area contributed by atoms with E-state index in [0.29, 0.717) is 43.7 Å². The van der Waals surface area contributed by atoms with Crippen molar-refractivity contribution in [2.45, 2.75) is 0 Å². The van der Waals surface area contributed by atoms with Gasteiger partial charge in [-0.3, -0.25) is 0 Å². The molecule has 0 amide bonds. The molecule has 0 saturated carbocycles. The first kappa shape index (κ1) is 31.8. The van der Waals surface area contributed by atoms with Gasteiger partial charge in [0.05, 0.1) is 18.7 Å². The fraction of sp³-hybridized carbons (Fsp3) is 0.273. The van der Waals surface area contributed by atoms with Gasteiger partial charge in [-0.05, 0) is 24.3 Å².